The molecule has 0 aliphatic rings. The van der Waals surface area contributed by atoms with E-state index in [2.05, 4.69) is 28.2 Å². The van der Waals surface area contributed by atoms with Crippen LogP contribution >= 0.6 is 39.1 Å². The molecule has 0 atom stereocenters. The van der Waals surface area contributed by atoms with E-state index in [0.717, 1.165) is 27.9 Å². The minimum atomic E-state index is 0.614. The SMILES string of the molecule is CCCOc1ccc(NCc2ccc(Cl)cc2Br)cc1Cl. The number of benzene rings is 2. The van der Waals surface area contributed by atoms with Crippen LogP contribution in [0.1, 0.15) is 18.9 Å². The molecule has 2 aromatic rings. The second-order valence-corrected chi connectivity index (χ2v) is 6.28. The van der Waals surface area contributed by atoms with Crippen LogP contribution in [0.4, 0.5) is 5.69 Å². The lowest BCUT2D eigenvalue weighted by Crippen LogP contribution is -2.01. The van der Waals surface area contributed by atoms with Crippen molar-refractivity contribution in [2.45, 2.75) is 19.9 Å². The molecule has 2 rings (SSSR count). The summed E-state index contributed by atoms with van der Waals surface area (Å²) in [6.45, 7) is 3.42. The van der Waals surface area contributed by atoms with Crippen molar-refractivity contribution >= 4 is 44.8 Å². The molecular formula is C16H16BrCl2NO. The predicted octanol–water partition coefficient (Wildman–Crippen LogP) is 6.16. The van der Waals surface area contributed by atoms with E-state index in [1.54, 1.807) is 0 Å². The summed E-state index contributed by atoms with van der Waals surface area (Å²) >= 11 is 15.6. The summed E-state index contributed by atoms with van der Waals surface area (Å²) in [5, 5.41) is 4.66. The van der Waals surface area contributed by atoms with E-state index in [-0.39, 0.29) is 0 Å². The Balaban J connectivity index is 2.01. The summed E-state index contributed by atoms with van der Waals surface area (Å²) in [6.07, 6.45) is 0.959. The molecule has 0 unspecified atom stereocenters. The van der Waals surface area contributed by atoms with Crippen molar-refractivity contribution in [3.63, 3.8) is 0 Å². The van der Waals surface area contributed by atoms with Gasteiger partial charge in [0.15, 0.2) is 0 Å². The van der Waals surface area contributed by atoms with E-state index < -0.39 is 0 Å². The number of anilines is 1. The van der Waals surface area contributed by atoms with Crippen molar-refractivity contribution in [1.29, 1.82) is 0 Å². The third kappa shape index (κ3) is 4.80. The van der Waals surface area contributed by atoms with Crippen molar-refractivity contribution in [1.82, 2.24) is 0 Å². The molecule has 21 heavy (non-hydrogen) atoms. The van der Waals surface area contributed by atoms with Gasteiger partial charge in [0.1, 0.15) is 5.75 Å². The maximum Gasteiger partial charge on any atom is 0.138 e. The predicted molar refractivity (Wildman–Crippen MR) is 93.7 cm³/mol. The number of halogens is 3. The van der Waals surface area contributed by atoms with Gasteiger partial charge in [0.05, 0.1) is 11.6 Å². The number of hydrogen-bond donors (Lipinski definition) is 1. The van der Waals surface area contributed by atoms with E-state index in [9.17, 15) is 0 Å². The van der Waals surface area contributed by atoms with E-state index >= 15 is 0 Å². The molecule has 2 nitrogen and oxygen atoms in total. The van der Waals surface area contributed by atoms with Crippen LogP contribution in [0.2, 0.25) is 10.0 Å². The minimum absolute atomic E-state index is 0.614. The Labute approximate surface area is 143 Å². The summed E-state index contributed by atoms with van der Waals surface area (Å²) < 4.78 is 6.54. The van der Waals surface area contributed by atoms with Gasteiger partial charge in [-0.25, -0.2) is 0 Å². The Bertz CT molecular complexity index is 619. The van der Waals surface area contributed by atoms with Crippen molar-refractivity contribution in [3.8, 4) is 5.75 Å². The Kier molecular flexibility index (Phi) is 6.22. The first kappa shape index (κ1) is 16.5. The van der Waals surface area contributed by atoms with Crippen molar-refractivity contribution in [2.24, 2.45) is 0 Å². The van der Waals surface area contributed by atoms with Crippen LogP contribution < -0.4 is 10.1 Å². The molecule has 0 saturated heterocycles. The Hall–Kier alpha value is -0.900. The van der Waals surface area contributed by atoms with Crippen molar-refractivity contribution in [3.05, 3.63) is 56.5 Å². The van der Waals surface area contributed by atoms with Gasteiger partial charge in [0.2, 0.25) is 0 Å². The molecule has 0 aliphatic heterocycles. The summed E-state index contributed by atoms with van der Waals surface area (Å²) in [5.74, 6) is 0.719. The molecule has 0 aromatic heterocycles. The van der Waals surface area contributed by atoms with Gasteiger partial charge < -0.3 is 10.1 Å². The highest BCUT2D eigenvalue weighted by molar-refractivity contribution is 9.10. The number of nitrogens with one attached hydrogen (secondary N) is 1. The Morgan fingerprint density at radius 2 is 1.95 bits per heavy atom. The van der Waals surface area contributed by atoms with Crippen LogP contribution in [0.5, 0.6) is 5.75 Å². The molecule has 1 N–H and O–H groups in total. The van der Waals surface area contributed by atoms with Gasteiger partial charge in [-0.15, -0.1) is 0 Å². The number of ether oxygens (including phenoxy) is 1. The number of rotatable bonds is 6. The summed E-state index contributed by atoms with van der Waals surface area (Å²) in [7, 11) is 0. The molecule has 0 spiro atoms. The fourth-order valence-corrected chi connectivity index (χ4v) is 2.86. The van der Waals surface area contributed by atoms with Gasteiger partial charge in [-0.1, -0.05) is 52.1 Å². The normalized spacial score (nSPS) is 10.5. The zero-order valence-corrected chi connectivity index (χ0v) is 14.7. The van der Waals surface area contributed by atoms with Crippen LogP contribution in [-0.4, -0.2) is 6.61 Å². The lowest BCUT2D eigenvalue weighted by molar-refractivity contribution is 0.317. The van der Waals surface area contributed by atoms with Gasteiger partial charge in [0.25, 0.3) is 0 Å². The van der Waals surface area contributed by atoms with Crippen LogP contribution in [-0.2, 0) is 6.54 Å². The van der Waals surface area contributed by atoms with E-state index in [0.29, 0.717) is 23.2 Å². The van der Waals surface area contributed by atoms with Crippen LogP contribution in [0.15, 0.2) is 40.9 Å². The van der Waals surface area contributed by atoms with Gasteiger partial charge >= 0.3 is 0 Å². The molecule has 0 heterocycles. The molecule has 0 aliphatic carbocycles. The first-order valence-corrected chi connectivity index (χ1v) is 8.25. The molecule has 0 saturated carbocycles. The Morgan fingerprint density at radius 3 is 2.62 bits per heavy atom. The van der Waals surface area contributed by atoms with E-state index in [1.807, 2.05) is 36.4 Å². The second kappa shape index (κ2) is 7.92. The summed E-state index contributed by atoms with van der Waals surface area (Å²) in [4.78, 5) is 0. The standard InChI is InChI=1S/C16H16BrCl2NO/c1-2-7-21-16-6-5-13(9-15(16)19)20-10-11-3-4-12(18)8-14(11)17/h3-6,8-9,20H,2,7,10H2,1H3. The third-order valence-corrected chi connectivity index (χ3v) is 4.16. The summed E-state index contributed by atoms with van der Waals surface area (Å²) in [6, 6.07) is 11.5. The molecular weight excluding hydrogens is 373 g/mol. The molecule has 5 heteroatoms. The molecule has 112 valence electrons. The zero-order chi connectivity index (χ0) is 15.2. The van der Waals surface area contributed by atoms with Crippen molar-refractivity contribution < 1.29 is 4.74 Å². The third-order valence-electron chi connectivity index (χ3n) is 2.89. The maximum atomic E-state index is 6.21. The van der Waals surface area contributed by atoms with Crippen LogP contribution in [0.25, 0.3) is 0 Å². The second-order valence-electron chi connectivity index (χ2n) is 4.58. The fourth-order valence-electron chi connectivity index (χ4n) is 1.80. The average molecular weight is 389 g/mol. The molecule has 0 fully saturated rings. The first-order chi connectivity index (χ1) is 10.1. The van der Waals surface area contributed by atoms with Gasteiger partial charge in [0, 0.05) is 21.7 Å². The topological polar surface area (TPSA) is 21.3 Å². The monoisotopic (exact) mass is 387 g/mol. The summed E-state index contributed by atoms with van der Waals surface area (Å²) in [5.41, 5.74) is 2.08. The lowest BCUT2D eigenvalue weighted by atomic mass is 10.2. The highest BCUT2D eigenvalue weighted by Crippen LogP contribution is 2.28. The molecule has 0 bridgehead atoms. The average Bonchev–Trinajstić information content (AvgIpc) is 2.45. The zero-order valence-electron chi connectivity index (χ0n) is 11.6. The molecule has 0 radical (unpaired) electrons. The lowest BCUT2D eigenvalue weighted by Gasteiger charge is -2.11. The quantitative estimate of drug-likeness (QED) is 0.639. The fraction of sp³-hybridized carbons (Fsp3) is 0.250. The van der Waals surface area contributed by atoms with Crippen molar-refractivity contribution in [2.75, 3.05) is 11.9 Å². The largest absolute Gasteiger partial charge is 0.492 e. The van der Waals surface area contributed by atoms with E-state index in [1.165, 1.54) is 0 Å². The van der Waals surface area contributed by atoms with Crippen LogP contribution in [0, 0.1) is 0 Å². The molecule has 2 aromatic carbocycles. The smallest absolute Gasteiger partial charge is 0.138 e. The number of hydrogen-bond acceptors (Lipinski definition) is 2. The maximum absolute atomic E-state index is 6.21. The highest BCUT2D eigenvalue weighted by atomic mass is 79.9. The molecule has 0 amide bonds. The van der Waals surface area contributed by atoms with E-state index in [4.69, 9.17) is 27.9 Å². The van der Waals surface area contributed by atoms with Gasteiger partial charge in [-0.05, 0) is 42.3 Å². The highest BCUT2D eigenvalue weighted by Gasteiger charge is 2.04. The minimum Gasteiger partial charge on any atom is -0.492 e. The van der Waals surface area contributed by atoms with Gasteiger partial charge in [-0.3, -0.25) is 0 Å². The van der Waals surface area contributed by atoms with Crippen LogP contribution in [0.3, 0.4) is 0 Å². The first-order valence-electron chi connectivity index (χ1n) is 6.70. The van der Waals surface area contributed by atoms with Gasteiger partial charge in [-0.2, -0.15) is 0 Å². The Morgan fingerprint density at radius 1 is 1.14 bits per heavy atom.